The molecule has 146 valence electrons. The molecule has 0 bridgehead atoms. The van der Waals surface area contributed by atoms with Crippen LogP contribution >= 0.6 is 11.6 Å². The second-order valence-corrected chi connectivity index (χ2v) is 9.00. The number of sulfonamides is 1. The summed E-state index contributed by atoms with van der Waals surface area (Å²) in [6.07, 6.45) is 0. The molecule has 1 unspecified atom stereocenters. The van der Waals surface area contributed by atoms with Crippen molar-refractivity contribution < 1.29 is 13.2 Å². The Labute approximate surface area is 166 Å². The second-order valence-electron chi connectivity index (χ2n) is 6.85. The van der Waals surface area contributed by atoms with Gasteiger partial charge in [0.05, 0.1) is 17.0 Å². The lowest BCUT2D eigenvalue weighted by Crippen LogP contribution is -2.45. The van der Waals surface area contributed by atoms with E-state index in [1.165, 1.54) is 36.8 Å². The lowest BCUT2D eigenvalue weighted by atomic mass is 9.99. The Morgan fingerprint density at radius 2 is 1.41 bits per heavy atom. The Morgan fingerprint density at radius 1 is 0.889 bits per heavy atom. The number of carbonyl (C=O) groups excluding carboxylic acids is 1. The third-order valence-corrected chi connectivity index (χ3v) is 6.12. The standard InChI is InChI=1S/C20H25ClN2O3S/c1-13(2)16-5-7-17(8-6-16)14(3)22-20(24)15(4)23-27(25,26)19-11-9-18(21)10-12-19/h5-15,23H,1-4H3,(H,22,24)/t14?,15-/m0/s1. The maximum Gasteiger partial charge on any atom is 0.241 e. The van der Waals surface area contributed by atoms with Crippen molar-refractivity contribution in [2.75, 3.05) is 0 Å². The van der Waals surface area contributed by atoms with Gasteiger partial charge in [-0.25, -0.2) is 8.42 Å². The van der Waals surface area contributed by atoms with Gasteiger partial charge in [-0.05, 0) is 55.2 Å². The summed E-state index contributed by atoms with van der Waals surface area (Å²) >= 11 is 5.78. The molecule has 2 atom stereocenters. The quantitative estimate of drug-likeness (QED) is 0.726. The zero-order valence-corrected chi connectivity index (χ0v) is 17.4. The van der Waals surface area contributed by atoms with Crippen LogP contribution in [0.3, 0.4) is 0 Å². The molecule has 0 spiro atoms. The molecule has 0 aliphatic heterocycles. The van der Waals surface area contributed by atoms with Crippen molar-refractivity contribution in [3.05, 3.63) is 64.7 Å². The third-order valence-electron chi connectivity index (χ3n) is 4.31. The van der Waals surface area contributed by atoms with Crippen molar-refractivity contribution in [1.29, 1.82) is 0 Å². The molecular weight excluding hydrogens is 384 g/mol. The van der Waals surface area contributed by atoms with Crippen LogP contribution in [0.4, 0.5) is 0 Å². The van der Waals surface area contributed by atoms with Crippen LogP contribution in [0, 0.1) is 0 Å². The molecule has 0 aliphatic carbocycles. The summed E-state index contributed by atoms with van der Waals surface area (Å²) in [5, 5.41) is 3.28. The zero-order valence-electron chi connectivity index (χ0n) is 15.9. The minimum atomic E-state index is -3.81. The summed E-state index contributed by atoms with van der Waals surface area (Å²) in [5.41, 5.74) is 2.18. The van der Waals surface area contributed by atoms with E-state index in [4.69, 9.17) is 11.6 Å². The molecule has 0 heterocycles. The van der Waals surface area contributed by atoms with Gasteiger partial charge >= 0.3 is 0 Å². The first kappa shape index (κ1) is 21.4. The molecule has 0 saturated carbocycles. The van der Waals surface area contributed by atoms with E-state index in [1.807, 2.05) is 31.2 Å². The molecule has 7 heteroatoms. The minimum absolute atomic E-state index is 0.0591. The fraction of sp³-hybridized carbons (Fsp3) is 0.350. The number of benzene rings is 2. The first-order chi connectivity index (χ1) is 12.6. The Hall–Kier alpha value is -1.89. The number of carbonyl (C=O) groups is 1. The van der Waals surface area contributed by atoms with Gasteiger partial charge in [0, 0.05) is 5.02 Å². The molecule has 1 amide bonds. The summed E-state index contributed by atoms with van der Waals surface area (Å²) in [7, 11) is -3.81. The van der Waals surface area contributed by atoms with E-state index < -0.39 is 22.0 Å². The number of rotatable bonds is 7. The van der Waals surface area contributed by atoms with E-state index in [9.17, 15) is 13.2 Å². The van der Waals surface area contributed by atoms with Gasteiger partial charge in [0.2, 0.25) is 15.9 Å². The predicted octanol–water partition coefficient (Wildman–Crippen LogP) is 4.01. The van der Waals surface area contributed by atoms with Crippen LogP contribution in [0.25, 0.3) is 0 Å². The Kier molecular flexibility index (Phi) is 7.03. The Morgan fingerprint density at radius 3 is 1.93 bits per heavy atom. The molecule has 0 radical (unpaired) electrons. The number of halogens is 1. The molecule has 2 aromatic carbocycles. The average molecular weight is 409 g/mol. The summed E-state index contributed by atoms with van der Waals surface area (Å²) in [6.45, 7) is 7.61. The van der Waals surface area contributed by atoms with Crippen molar-refractivity contribution in [2.45, 2.75) is 50.6 Å². The van der Waals surface area contributed by atoms with E-state index >= 15 is 0 Å². The minimum Gasteiger partial charge on any atom is -0.348 e. The summed E-state index contributed by atoms with van der Waals surface area (Å²) in [6, 6.07) is 12.6. The maximum atomic E-state index is 12.4. The smallest absolute Gasteiger partial charge is 0.241 e. The van der Waals surface area contributed by atoms with E-state index in [1.54, 1.807) is 0 Å². The first-order valence-corrected chi connectivity index (χ1v) is 10.6. The fourth-order valence-electron chi connectivity index (χ4n) is 2.56. The van der Waals surface area contributed by atoms with E-state index in [0.29, 0.717) is 10.9 Å². The van der Waals surface area contributed by atoms with Gasteiger partial charge in [0.25, 0.3) is 0 Å². The number of hydrogen-bond donors (Lipinski definition) is 2. The molecule has 0 fully saturated rings. The van der Waals surface area contributed by atoms with Gasteiger partial charge in [0.15, 0.2) is 0 Å². The van der Waals surface area contributed by atoms with Crippen molar-refractivity contribution >= 4 is 27.5 Å². The monoisotopic (exact) mass is 408 g/mol. The lowest BCUT2D eigenvalue weighted by molar-refractivity contribution is -0.123. The van der Waals surface area contributed by atoms with Crippen molar-refractivity contribution in [3.8, 4) is 0 Å². The summed E-state index contributed by atoms with van der Waals surface area (Å²) < 4.78 is 27.2. The number of nitrogens with one attached hydrogen (secondary N) is 2. The van der Waals surface area contributed by atoms with Crippen LogP contribution < -0.4 is 10.0 Å². The van der Waals surface area contributed by atoms with Crippen LogP contribution in [0.5, 0.6) is 0 Å². The fourth-order valence-corrected chi connectivity index (χ4v) is 3.89. The van der Waals surface area contributed by atoms with Crippen LogP contribution in [0.2, 0.25) is 5.02 Å². The molecule has 2 rings (SSSR count). The van der Waals surface area contributed by atoms with Crippen LogP contribution in [0.1, 0.15) is 50.8 Å². The Bertz CT molecular complexity index is 878. The molecule has 0 aromatic heterocycles. The molecule has 5 nitrogen and oxygen atoms in total. The van der Waals surface area contributed by atoms with Crippen molar-refractivity contribution in [1.82, 2.24) is 10.0 Å². The van der Waals surface area contributed by atoms with Crippen molar-refractivity contribution in [2.24, 2.45) is 0 Å². The van der Waals surface area contributed by atoms with Gasteiger partial charge in [-0.2, -0.15) is 4.72 Å². The van der Waals surface area contributed by atoms with Crippen molar-refractivity contribution in [3.63, 3.8) is 0 Å². The highest BCUT2D eigenvalue weighted by Gasteiger charge is 2.23. The highest BCUT2D eigenvalue weighted by atomic mass is 35.5. The van der Waals surface area contributed by atoms with Gasteiger partial charge in [-0.15, -0.1) is 0 Å². The van der Waals surface area contributed by atoms with Crippen LogP contribution in [-0.4, -0.2) is 20.4 Å². The maximum absolute atomic E-state index is 12.4. The summed E-state index contributed by atoms with van der Waals surface area (Å²) in [5.74, 6) is 0.0409. The van der Waals surface area contributed by atoms with E-state index in [2.05, 4.69) is 23.9 Å². The highest BCUT2D eigenvalue weighted by Crippen LogP contribution is 2.19. The molecule has 27 heavy (non-hydrogen) atoms. The average Bonchev–Trinajstić information content (AvgIpc) is 2.61. The Balaban J connectivity index is 2.01. The first-order valence-electron chi connectivity index (χ1n) is 8.78. The highest BCUT2D eigenvalue weighted by molar-refractivity contribution is 7.89. The van der Waals surface area contributed by atoms with Gasteiger partial charge in [-0.1, -0.05) is 49.7 Å². The molecule has 0 aliphatic rings. The normalized spacial score (nSPS) is 14.0. The largest absolute Gasteiger partial charge is 0.348 e. The van der Waals surface area contributed by atoms with Gasteiger partial charge in [0.1, 0.15) is 0 Å². The zero-order chi connectivity index (χ0) is 20.2. The third kappa shape index (κ3) is 5.79. The second kappa shape index (κ2) is 8.87. The predicted molar refractivity (Wildman–Crippen MR) is 108 cm³/mol. The van der Waals surface area contributed by atoms with Gasteiger partial charge in [-0.3, -0.25) is 4.79 Å². The number of hydrogen-bond acceptors (Lipinski definition) is 3. The van der Waals surface area contributed by atoms with E-state index in [0.717, 1.165) is 5.56 Å². The molecular formula is C20H25ClN2O3S. The molecule has 2 aromatic rings. The lowest BCUT2D eigenvalue weighted by Gasteiger charge is -2.19. The summed E-state index contributed by atoms with van der Waals surface area (Å²) in [4.78, 5) is 12.5. The van der Waals surface area contributed by atoms with Crippen LogP contribution in [-0.2, 0) is 14.8 Å². The molecule has 0 saturated heterocycles. The van der Waals surface area contributed by atoms with Gasteiger partial charge < -0.3 is 5.32 Å². The topological polar surface area (TPSA) is 75.3 Å². The number of amides is 1. The van der Waals surface area contributed by atoms with E-state index in [-0.39, 0.29) is 10.9 Å². The SMILES string of the molecule is CC(C)c1ccc(C(C)NC(=O)[C@H](C)NS(=O)(=O)c2ccc(Cl)cc2)cc1. The van der Waals surface area contributed by atoms with Crippen LogP contribution in [0.15, 0.2) is 53.4 Å². The molecule has 2 N–H and O–H groups in total.